The van der Waals surface area contributed by atoms with Crippen molar-refractivity contribution in [1.82, 2.24) is 9.62 Å². The minimum atomic E-state index is -3.25. The molecule has 0 aromatic carbocycles. The first-order chi connectivity index (χ1) is 9.48. The summed E-state index contributed by atoms with van der Waals surface area (Å²) in [6.45, 7) is 0.831. The average molecular weight is 341 g/mol. The second-order valence-electron chi connectivity index (χ2n) is 5.51. The maximum Gasteiger partial charge on any atom is 0.239 e. The molecule has 0 bridgehead atoms. The molecule has 1 heterocycles. The molecule has 8 nitrogen and oxygen atoms in total. The SMILES string of the molecule is CS(=O)(=O)CCC(N)C(=O)N1CCC(NS(C)(=O)=O)CC1. The Bertz CT molecular complexity index is 565. The van der Waals surface area contributed by atoms with E-state index in [1.54, 1.807) is 4.90 Å². The van der Waals surface area contributed by atoms with E-state index in [1.807, 2.05) is 0 Å². The molecule has 0 aromatic heterocycles. The first-order valence-corrected chi connectivity index (χ1v) is 10.6. The van der Waals surface area contributed by atoms with Gasteiger partial charge in [0, 0.05) is 25.4 Å². The van der Waals surface area contributed by atoms with Gasteiger partial charge in [0.05, 0.1) is 18.1 Å². The van der Waals surface area contributed by atoms with Gasteiger partial charge in [0.1, 0.15) is 9.84 Å². The number of sulfonamides is 1. The summed E-state index contributed by atoms with van der Waals surface area (Å²) in [4.78, 5) is 13.6. The van der Waals surface area contributed by atoms with Gasteiger partial charge < -0.3 is 10.6 Å². The van der Waals surface area contributed by atoms with Gasteiger partial charge in [-0.2, -0.15) is 0 Å². The summed E-state index contributed by atoms with van der Waals surface area (Å²) >= 11 is 0. The molecule has 0 aliphatic carbocycles. The number of piperidine rings is 1. The maximum atomic E-state index is 12.1. The van der Waals surface area contributed by atoms with Crippen LogP contribution in [0.3, 0.4) is 0 Å². The van der Waals surface area contributed by atoms with E-state index in [9.17, 15) is 21.6 Å². The number of sulfone groups is 1. The molecular weight excluding hydrogens is 318 g/mol. The highest BCUT2D eigenvalue weighted by atomic mass is 32.2. The summed E-state index contributed by atoms with van der Waals surface area (Å²) in [5, 5.41) is 0. The predicted octanol–water partition coefficient (Wildman–Crippen LogP) is -1.71. The van der Waals surface area contributed by atoms with Crippen LogP contribution in [0.5, 0.6) is 0 Å². The summed E-state index contributed by atoms with van der Waals surface area (Å²) in [5.41, 5.74) is 5.72. The number of nitrogens with zero attached hydrogens (tertiary/aromatic N) is 1. The lowest BCUT2D eigenvalue weighted by Crippen LogP contribution is -2.51. The molecule has 1 aliphatic rings. The van der Waals surface area contributed by atoms with Gasteiger partial charge in [-0.05, 0) is 19.3 Å². The van der Waals surface area contributed by atoms with Gasteiger partial charge in [-0.3, -0.25) is 4.79 Å². The van der Waals surface area contributed by atoms with Crippen molar-refractivity contribution in [2.75, 3.05) is 31.4 Å². The number of nitrogens with one attached hydrogen (secondary N) is 1. The number of amides is 1. The molecule has 1 unspecified atom stereocenters. The zero-order valence-corrected chi connectivity index (χ0v) is 13.9. The fourth-order valence-electron chi connectivity index (χ4n) is 2.22. The molecule has 1 fully saturated rings. The molecule has 0 aromatic rings. The Kier molecular flexibility index (Phi) is 6.14. The molecule has 0 radical (unpaired) electrons. The first kappa shape index (κ1) is 18.3. The van der Waals surface area contributed by atoms with E-state index in [4.69, 9.17) is 5.73 Å². The molecule has 0 saturated carbocycles. The van der Waals surface area contributed by atoms with Crippen molar-refractivity contribution in [1.29, 1.82) is 0 Å². The number of likely N-dealkylation sites (tertiary alicyclic amines) is 1. The number of rotatable bonds is 6. The molecule has 21 heavy (non-hydrogen) atoms. The van der Waals surface area contributed by atoms with Crippen molar-refractivity contribution < 1.29 is 21.6 Å². The third-order valence-electron chi connectivity index (χ3n) is 3.30. The predicted molar refractivity (Wildman–Crippen MR) is 79.9 cm³/mol. The molecule has 3 N–H and O–H groups in total. The van der Waals surface area contributed by atoms with Gasteiger partial charge in [-0.15, -0.1) is 0 Å². The molecule has 1 amide bonds. The summed E-state index contributed by atoms with van der Waals surface area (Å²) < 4.78 is 46.9. The van der Waals surface area contributed by atoms with Crippen LogP contribution in [0.15, 0.2) is 0 Å². The third-order valence-corrected chi connectivity index (χ3v) is 5.04. The lowest BCUT2D eigenvalue weighted by atomic mass is 10.0. The summed E-state index contributed by atoms with van der Waals surface area (Å²) in [5.74, 6) is -0.400. The van der Waals surface area contributed by atoms with Gasteiger partial charge in [0.25, 0.3) is 0 Å². The second kappa shape index (κ2) is 7.03. The highest BCUT2D eigenvalue weighted by molar-refractivity contribution is 7.90. The van der Waals surface area contributed by atoms with Crippen molar-refractivity contribution in [3.05, 3.63) is 0 Å². The van der Waals surface area contributed by atoms with Crippen LogP contribution in [0, 0.1) is 0 Å². The van der Waals surface area contributed by atoms with Crippen LogP contribution in [-0.2, 0) is 24.7 Å². The zero-order valence-electron chi connectivity index (χ0n) is 12.3. The van der Waals surface area contributed by atoms with E-state index in [2.05, 4.69) is 4.72 Å². The fraction of sp³-hybridized carbons (Fsp3) is 0.909. The monoisotopic (exact) mass is 341 g/mol. The molecule has 1 atom stereocenters. The molecule has 1 saturated heterocycles. The van der Waals surface area contributed by atoms with Crippen molar-refractivity contribution >= 4 is 25.8 Å². The molecule has 124 valence electrons. The van der Waals surface area contributed by atoms with Crippen LogP contribution in [-0.4, -0.2) is 71.1 Å². The van der Waals surface area contributed by atoms with Crippen LogP contribution < -0.4 is 10.5 Å². The molecule has 0 spiro atoms. The Morgan fingerprint density at radius 1 is 1.24 bits per heavy atom. The van der Waals surface area contributed by atoms with Crippen LogP contribution in [0.1, 0.15) is 19.3 Å². The number of hydrogen-bond donors (Lipinski definition) is 2. The van der Waals surface area contributed by atoms with Crippen LogP contribution in [0.2, 0.25) is 0 Å². The summed E-state index contributed by atoms with van der Waals surface area (Å²) in [7, 11) is -6.39. The van der Waals surface area contributed by atoms with Crippen molar-refractivity contribution in [3.63, 3.8) is 0 Å². The van der Waals surface area contributed by atoms with Crippen molar-refractivity contribution in [3.8, 4) is 0 Å². The smallest absolute Gasteiger partial charge is 0.239 e. The van der Waals surface area contributed by atoms with E-state index < -0.39 is 25.9 Å². The Morgan fingerprint density at radius 3 is 2.19 bits per heavy atom. The molecule has 1 aliphatic heterocycles. The minimum absolute atomic E-state index is 0.0964. The topological polar surface area (TPSA) is 127 Å². The zero-order chi connectivity index (χ0) is 16.3. The lowest BCUT2D eigenvalue weighted by Gasteiger charge is -2.33. The Labute approximate surface area is 126 Å². The second-order valence-corrected chi connectivity index (χ2v) is 9.55. The summed E-state index contributed by atoms with van der Waals surface area (Å²) in [6.07, 6.45) is 3.35. The average Bonchev–Trinajstić information content (AvgIpc) is 2.33. The van der Waals surface area contributed by atoms with E-state index in [0.29, 0.717) is 25.9 Å². The third kappa shape index (κ3) is 7.21. The minimum Gasteiger partial charge on any atom is -0.341 e. The quantitative estimate of drug-likeness (QED) is 0.592. The summed E-state index contributed by atoms with van der Waals surface area (Å²) in [6, 6.07) is -1.00. The van der Waals surface area contributed by atoms with E-state index in [-0.39, 0.29) is 24.1 Å². The Balaban J connectivity index is 2.44. The van der Waals surface area contributed by atoms with Crippen molar-refractivity contribution in [2.45, 2.75) is 31.3 Å². The van der Waals surface area contributed by atoms with E-state index in [0.717, 1.165) is 12.5 Å². The fourth-order valence-corrected chi connectivity index (χ4v) is 3.74. The molecule has 1 rings (SSSR count). The first-order valence-electron chi connectivity index (χ1n) is 6.67. The van der Waals surface area contributed by atoms with Crippen LogP contribution in [0.25, 0.3) is 0 Å². The van der Waals surface area contributed by atoms with E-state index >= 15 is 0 Å². The highest BCUT2D eigenvalue weighted by Gasteiger charge is 2.27. The Morgan fingerprint density at radius 2 is 1.76 bits per heavy atom. The molecular formula is C11H23N3O5S2. The van der Waals surface area contributed by atoms with Gasteiger partial charge in [-0.1, -0.05) is 0 Å². The van der Waals surface area contributed by atoms with Crippen molar-refractivity contribution in [2.24, 2.45) is 5.73 Å². The largest absolute Gasteiger partial charge is 0.341 e. The van der Waals surface area contributed by atoms with Gasteiger partial charge in [0.15, 0.2) is 0 Å². The maximum absolute atomic E-state index is 12.1. The van der Waals surface area contributed by atoms with Crippen LogP contribution in [0.4, 0.5) is 0 Å². The number of hydrogen-bond acceptors (Lipinski definition) is 6. The van der Waals surface area contributed by atoms with Gasteiger partial charge in [0.2, 0.25) is 15.9 Å². The van der Waals surface area contributed by atoms with Crippen LogP contribution >= 0.6 is 0 Å². The van der Waals surface area contributed by atoms with Gasteiger partial charge in [-0.25, -0.2) is 21.6 Å². The van der Waals surface area contributed by atoms with Gasteiger partial charge >= 0.3 is 0 Å². The number of carbonyl (C=O) groups excluding carboxylic acids is 1. The normalized spacial score (nSPS) is 19.5. The van der Waals surface area contributed by atoms with E-state index in [1.165, 1.54) is 0 Å². The Hall–Kier alpha value is -0.710. The highest BCUT2D eigenvalue weighted by Crippen LogP contribution is 2.12. The lowest BCUT2D eigenvalue weighted by molar-refractivity contribution is -0.133. The molecule has 10 heteroatoms. The number of nitrogens with two attached hydrogens (primary N) is 1. The standard InChI is InChI=1S/C11H23N3O5S2/c1-20(16,17)8-5-10(12)11(15)14-6-3-9(4-7-14)13-21(2,18)19/h9-10,13H,3-8,12H2,1-2H3. The number of carbonyl (C=O) groups is 1.